The Morgan fingerprint density at radius 1 is 1.44 bits per heavy atom. The Kier molecular flexibility index (Phi) is 3.99. The Morgan fingerprint density at radius 2 is 2.17 bits per heavy atom. The number of rotatable bonds is 4. The van der Waals surface area contributed by atoms with Gasteiger partial charge in [-0.25, -0.2) is 0 Å². The van der Waals surface area contributed by atoms with Gasteiger partial charge in [0.25, 0.3) is 0 Å². The first-order valence-corrected chi connectivity index (χ1v) is 5.92. The second-order valence-corrected chi connectivity index (χ2v) is 4.09. The van der Waals surface area contributed by atoms with Gasteiger partial charge in [-0.15, -0.1) is 0 Å². The van der Waals surface area contributed by atoms with Gasteiger partial charge in [-0.1, -0.05) is 6.07 Å². The van der Waals surface area contributed by atoms with Crippen LogP contribution < -0.4 is 10.1 Å². The van der Waals surface area contributed by atoms with Crippen LogP contribution in [0.2, 0.25) is 0 Å². The Morgan fingerprint density at radius 3 is 2.78 bits per heavy atom. The van der Waals surface area contributed by atoms with Gasteiger partial charge in [0.05, 0.1) is 18.1 Å². The zero-order valence-corrected chi connectivity index (χ0v) is 10.2. The van der Waals surface area contributed by atoms with E-state index in [1.165, 1.54) is 0 Å². The number of nitrogens with one attached hydrogen (secondary N) is 1. The molecule has 0 spiro atoms. The van der Waals surface area contributed by atoms with Gasteiger partial charge in [-0.2, -0.15) is 0 Å². The molecule has 0 radical (unpaired) electrons. The topological polar surface area (TPSA) is 73.6 Å². The Hall–Kier alpha value is -1.82. The van der Waals surface area contributed by atoms with Crippen LogP contribution in [0, 0.1) is 10.1 Å². The zero-order valence-electron chi connectivity index (χ0n) is 10.2. The first-order valence-electron chi connectivity index (χ1n) is 5.92. The summed E-state index contributed by atoms with van der Waals surface area (Å²) in [6.07, 6.45) is 1.52. The van der Waals surface area contributed by atoms with Crippen LogP contribution >= 0.6 is 0 Å². The molecule has 0 bridgehead atoms. The normalized spacial score (nSPS) is 16.3. The van der Waals surface area contributed by atoms with Gasteiger partial charge in [0.15, 0.2) is 5.75 Å². The fourth-order valence-electron chi connectivity index (χ4n) is 1.98. The van der Waals surface area contributed by atoms with E-state index in [-0.39, 0.29) is 11.8 Å². The van der Waals surface area contributed by atoms with E-state index in [9.17, 15) is 10.1 Å². The van der Waals surface area contributed by atoms with E-state index in [0.29, 0.717) is 24.7 Å². The lowest BCUT2D eigenvalue weighted by Crippen LogP contribution is -2.26. The summed E-state index contributed by atoms with van der Waals surface area (Å²) in [6, 6.07) is 5.04. The fraction of sp³-hybridized carbons (Fsp3) is 0.500. The molecule has 1 aliphatic rings. The lowest BCUT2D eigenvalue weighted by Gasteiger charge is -2.23. The van der Waals surface area contributed by atoms with Gasteiger partial charge in [-0.05, 0) is 12.1 Å². The summed E-state index contributed by atoms with van der Waals surface area (Å²) in [5.74, 6) is 0.318. The van der Waals surface area contributed by atoms with E-state index in [1.807, 2.05) is 0 Å². The molecule has 0 aromatic heterocycles. The molecule has 6 nitrogen and oxygen atoms in total. The number of nitro groups is 1. The number of nitrogens with zero attached hydrogens (tertiary/aromatic N) is 1. The summed E-state index contributed by atoms with van der Waals surface area (Å²) in [5.41, 5.74) is 0.455. The minimum atomic E-state index is -0.416. The SMILES string of the molecule is CNc1cccc(OC2CCOCC2)c1[N+](=O)[O-]. The van der Waals surface area contributed by atoms with Crippen molar-refractivity contribution in [2.45, 2.75) is 18.9 Å². The van der Waals surface area contributed by atoms with Crippen molar-refractivity contribution in [2.75, 3.05) is 25.6 Å². The first kappa shape index (κ1) is 12.6. The lowest BCUT2D eigenvalue weighted by molar-refractivity contribution is -0.385. The molecule has 18 heavy (non-hydrogen) atoms. The van der Waals surface area contributed by atoms with Crippen LogP contribution in [-0.2, 0) is 4.74 Å². The summed E-state index contributed by atoms with van der Waals surface area (Å²) >= 11 is 0. The van der Waals surface area contributed by atoms with Gasteiger partial charge in [0.1, 0.15) is 11.8 Å². The van der Waals surface area contributed by atoms with Crippen molar-refractivity contribution in [1.29, 1.82) is 0 Å². The predicted octanol–water partition coefficient (Wildman–Crippen LogP) is 2.19. The molecule has 1 aromatic rings. The van der Waals surface area contributed by atoms with Crippen LogP contribution in [0.4, 0.5) is 11.4 Å². The quantitative estimate of drug-likeness (QED) is 0.656. The molecule has 0 atom stereocenters. The molecule has 1 aromatic carbocycles. The minimum absolute atomic E-state index is 0.00788. The average molecular weight is 252 g/mol. The van der Waals surface area contributed by atoms with E-state index in [1.54, 1.807) is 25.2 Å². The number of hydrogen-bond acceptors (Lipinski definition) is 5. The maximum atomic E-state index is 11.1. The summed E-state index contributed by atoms with van der Waals surface area (Å²) in [7, 11) is 1.65. The number of anilines is 1. The third kappa shape index (κ3) is 2.70. The van der Waals surface area contributed by atoms with Crippen molar-refractivity contribution >= 4 is 11.4 Å². The monoisotopic (exact) mass is 252 g/mol. The minimum Gasteiger partial charge on any atom is -0.483 e. The van der Waals surface area contributed by atoms with Crippen LogP contribution in [0.3, 0.4) is 0 Å². The number of benzene rings is 1. The van der Waals surface area contributed by atoms with Crippen LogP contribution in [0.25, 0.3) is 0 Å². The summed E-state index contributed by atoms with van der Waals surface area (Å²) in [5, 5.41) is 13.9. The van der Waals surface area contributed by atoms with E-state index in [4.69, 9.17) is 9.47 Å². The van der Waals surface area contributed by atoms with Gasteiger partial charge < -0.3 is 14.8 Å². The molecule has 0 saturated carbocycles. The lowest BCUT2D eigenvalue weighted by atomic mass is 10.1. The Bertz CT molecular complexity index is 430. The van der Waals surface area contributed by atoms with Crippen LogP contribution in [0.15, 0.2) is 18.2 Å². The summed E-state index contributed by atoms with van der Waals surface area (Å²) < 4.78 is 11.0. The van der Waals surface area contributed by atoms with Gasteiger partial charge in [0.2, 0.25) is 0 Å². The van der Waals surface area contributed by atoms with Gasteiger partial charge >= 0.3 is 5.69 Å². The van der Waals surface area contributed by atoms with Crippen LogP contribution in [-0.4, -0.2) is 31.3 Å². The molecular formula is C12H16N2O4. The van der Waals surface area contributed by atoms with Crippen molar-refractivity contribution < 1.29 is 14.4 Å². The molecule has 1 aliphatic heterocycles. The third-order valence-corrected chi connectivity index (χ3v) is 2.91. The van der Waals surface area contributed by atoms with E-state index in [2.05, 4.69) is 5.32 Å². The fourth-order valence-corrected chi connectivity index (χ4v) is 1.98. The van der Waals surface area contributed by atoms with Crippen molar-refractivity contribution in [3.8, 4) is 5.75 Å². The highest BCUT2D eigenvalue weighted by atomic mass is 16.6. The summed E-state index contributed by atoms with van der Waals surface area (Å²) in [6.45, 7) is 1.29. The molecule has 0 amide bonds. The molecule has 98 valence electrons. The van der Waals surface area contributed by atoms with Crippen LogP contribution in [0.5, 0.6) is 5.75 Å². The zero-order chi connectivity index (χ0) is 13.0. The molecule has 1 fully saturated rings. The molecule has 1 saturated heterocycles. The third-order valence-electron chi connectivity index (χ3n) is 2.91. The standard InChI is InChI=1S/C12H16N2O4/c1-13-10-3-2-4-11(12(10)14(15)16)18-9-5-7-17-8-6-9/h2-4,9,13H,5-8H2,1H3. The molecule has 1 N–H and O–H groups in total. The second kappa shape index (κ2) is 5.68. The molecule has 1 heterocycles. The maximum absolute atomic E-state index is 11.1. The van der Waals surface area contributed by atoms with Crippen molar-refractivity contribution in [3.05, 3.63) is 28.3 Å². The van der Waals surface area contributed by atoms with E-state index >= 15 is 0 Å². The molecular weight excluding hydrogens is 236 g/mol. The smallest absolute Gasteiger partial charge is 0.333 e. The predicted molar refractivity (Wildman–Crippen MR) is 67.1 cm³/mol. The van der Waals surface area contributed by atoms with Crippen LogP contribution in [0.1, 0.15) is 12.8 Å². The molecule has 0 aliphatic carbocycles. The number of ether oxygens (including phenoxy) is 2. The highest BCUT2D eigenvalue weighted by Crippen LogP contribution is 2.35. The number of nitro benzene ring substituents is 1. The average Bonchev–Trinajstić information content (AvgIpc) is 2.39. The first-order chi connectivity index (χ1) is 8.72. The molecule has 0 unspecified atom stereocenters. The van der Waals surface area contributed by atoms with Gasteiger partial charge in [-0.3, -0.25) is 10.1 Å². The van der Waals surface area contributed by atoms with E-state index in [0.717, 1.165) is 12.8 Å². The Labute approximate surface area is 105 Å². The second-order valence-electron chi connectivity index (χ2n) is 4.09. The molecule has 6 heteroatoms. The van der Waals surface area contributed by atoms with Crippen molar-refractivity contribution in [1.82, 2.24) is 0 Å². The molecule has 2 rings (SSSR count). The van der Waals surface area contributed by atoms with Crippen molar-refractivity contribution in [2.24, 2.45) is 0 Å². The number of hydrogen-bond donors (Lipinski definition) is 1. The highest BCUT2D eigenvalue weighted by Gasteiger charge is 2.24. The maximum Gasteiger partial charge on any atom is 0.333 e. The Balaban J connectivity index is 2.23. The van der Waals surface area contributed by atoms with Crippen molar-refractivity contribution in [3.63, 3.8) is 0 Å². The van der Waals surface area contributed by atoms with Gasteiger partial charge in [0, 0.05) is 19.9 Å². The summed E-state index contributed by atoms with van der Waals surface area (Å²) in [4.78, 5) is 10.7. The largest absolute Gasteiger partial charge is 0.483 e. The number of para-hydroxylation sites is 1. The van der Waals surface area contributed by atoms with E-state index < -0.39 is 4.92 Å². The highest BCUT2D eigenvalue weighted by molar-refractivity contribution is 5.68.